The topological polar surface area (TPSA) is 56.3 Å². The predicted molar refractivity (Wildman–Crippen MR) is 70.9 cm³/mol. The molecule has 0 amide bonds. The summed E-state index contributed by atoms with van der Waals surface area (Å²) in [4.78, 5) is 0. The van der Waals surface area contributed by atoms with Gasteiger partial charge in [0.25, 0.3) is 0 Å². The molecular weight excluding hydrogens is 250 g/mol. The molecule has 0 radical (unpaired) electrons. The number of nitrogens with one attached hydrogen (secondary N) is 1. The first kappa shape index (κ1) is 13.9. The number of hydrogen-bond acceptors (Lipinski definition) is 6. The maximum atomic E-state index is 5.71. The lowest BCUT2D eigenvalue weighted by Crippen LogP contribution is -2.21. The van der Waals surface area contributed by atoms with Crippen molar-refractivity contribution in [2.45, 2.75) is 31.8 Å². The highest BCUT2D eigenvalue weighted by Gasteiger charge is 2.20. The van der Waals surface area contributed by atoms with E-state index in [1.54, 1.807) is 18.4 Å². The zero-order valence-corrected chi connectivity index (χ0v) is 11.7. The van der Waals surface area contributed by atoms with Crippen LogP contribution < -0.4 is 5.32 Å². The molecule has 1 saturated heterocycles. The molecule has 6 heteroatoms. The summed E-state index contributed by atoms with van der Waals surface area (Å²) in [5, 5.41) is 13.9. The Kier molecular flexibility index (Phi) is 5.99. The summed E-state index contributed by atoms with van der Waals surface area (Å²) in [6.45, 7) is 3.41. The quantitative estimate of drug-likeness (QED) is 0.763. The first-order chi connectivity index (χ1) is 8.90. The molecule has 2 rings (SSSR count). The number of nitrogens with zero attached hydrogens (tertiary/aromatic N) is 2. The van der Waals surface area contributed by atoms with Crippen molar-refractivity contribution in [2.75, 3.05) is 33.4 Å². The van der Waals surface area contributed by atoms with Gasteiger partial charge < -0.3 is 14.8 Å². The molecule has 2 heterocycles. The highest BCUT2D eigenvalue weighted by Crippen LogP contribution is 2.29. The Morgan fingerprint density at radius 3 is 3.11 bits per heavy atom. The number of aromatic nitrogens is 2. The van der Waals surface area contributed by atoms with Crippen molar-refractivity contribution >= 4 is 11.3 Å². The number of hydrogen-bond donors (Lipinski definition) is 1. The van der Waals surface area contributed by atoms with Gasteiger partial charge >= 0.3 is 0 Å². The van der Waals surface area contributed by atoms with Crippen LogP contribution in [0.15, 0.2) is 0 Å². The number of ether oxygens (including phenoxy) is 2. The maximum absolute atomic E-state index is 5.71. The summed E-state index contributed by atoms with van der Waals surface area (Å²) in [6.07, 6.45) is 4.60. The van der Waals surface area contributed by atoms with Crippen molar-refractivity contribution in [1.29, 1.82) is 0 Å². The number of rotatable bonds is 7. The van der Waals surface area contributed by atoms with E-state index in [1.807, 2.05) is 0 Å². The molecule has 1 N–H and O–H groups in total. The lowest BCUT2D eigenvalue weighted by atomic mass is 10.1. The van der Waals surface area contributed by atoms with Crippen molar-refractivity contribution < 1.29 is 9.47 Å². The molecule has 1 atom stereocenters. The summed E-state index contributed by atoms with van der Waals surface area (Å²) in [7, 11) is 1.71. The van der Waals surface area contributed by atoms with E-state index < -0.39 is 0 Å². The van der Waals surface area contributed by atoms with Crippen LogP contribution in [0.3, 0.4) is 0 Å². The van der Waals surface area contributed by atoms with Gasteiger partial charge in [-0.05, 0) is 19.3 Å². The zero-order valence-electron chi connectivity index (χ0n) is 10.9. The maximum Gasteiger partial charge on any atom is 0.146 e. The second-order valence-corrected chi connectivity index (χ2v) is 5.48. The summed E-state index contributed by atoms with van der Waals surface area (Å²) in [6, 6.07) is 0. The van der Waals surface area contributed by atoms with Gasteiger partial charge in [0.1, 0.15) is 16.1 Å². The molecule has 1 unspecified atom stereocenters. The molecular formula is C12H21N3O2S. The molecule has 5 nitrogen and oxygen atoms in total. The fourth-order valence-corrected chi connectivity index (χ4v) is 2.85. The van der Waals surface area contributed by atoms with Crippen LogP contribution in [0.5, 0.6) is 0 Å². The van der Waals surface area contributed by atoms with E-state index in [0.29, 0.717) is 0 Å². The van der Waals surface area contributed by atoms with Crippen molar-refractivity contribution in [2.24, 2.45) is 0 Å². The van der Waals surface area contributed by atoms with Crippen molar-refractivity contribution in [1.82, 2.24) is 15.5 Å². The van der Waals surface area contributed by atoms with Crippen LogP contribution in [-0.4, -0.2) is 43.6 Å². The molecule has 0 spiro atoms. The molecule has 0 aliphatic carbocycles. The van der Waals surface area contributed by atoms with Crippen LogP contribution >= 0.6 is 11.3 Å². The molecule has 1 aliphatic heterocycles. The largest absolute Gasteiger partial charge is 0.383 e. The van der Waals surface area contributed by atoms with E-state index in [2.05, 4.69) is 15.5 Å². The molecule has 1 aromatic heterocycles. The Labute approximate surface area is 112 Å². The summed E-state index contributed by atoms with van der Waals surface area (Å²) in [5.74, 6) is 0. The van der Waals surface area contributed by atoms with Gasteiger partial charge in [0.15, 0.2) is 0 Å². The Balaban J connectivity index is 1.72. The monoisotopic (exact) mass is 271 g/mol. The Bertz CT molecular complexity index is 340. The third-order valence-electron chi connectivity index (χ3n) is 2.94. The molecule has 1 aliphatic rings. The van der Waals surface area contributed by atoms with Gasteiger partial charge in [-0.15, -0.1) is 10.2 Å². The summed E-state index contributed by atoms with van der Waals surface area (Å²) in [5.41, 5.74) is 0. The molecule has 102 valence electrons. The second-order valence-electron chi connectivity index (χ2n) is 4.38. The molecule has 0 aromatic carbocycles. The standard InChI is InChI=1S/C12H21N3O2S/c1-16-9-7-13-6-5-11-14-15-12(18-11)10-4-2-3-8-17-10/h10,13H,2-9H2,1H3. The van der Waals surface area contributed by atoms with Gasteiger partial charge in [0.05, 0.1) is 6.61 Å². The Morgan fingerprint density at radius 2 is 2.33 bits per heavy atom. The minimum Gasteiger partial charge on any atom is -0.383 e. The van der Waals surface area contributed by atoms with E-state index in [-0.39, 0.29) is 6.10 Å². The van der Waals surface area contributed by atoms with E-state index in [0.717, 1.165) is 49.2 Å². The van der Waals surface area contributed by atoms with Crippen LogP contribution in [-0.2, 0) is 15.9 Å². The fraction of sp³-hybridized carbons (Fsp3) is 0.833. The highest BCUT2D eigenvalue weighted by molar-refractivity contribution is 7.11. The second kappa shape index (κ2) is 7.78. The lowest BCUT2D eigenvalue weighted by molar-refractivity contribution is 0.0144. The molecule has 0 bridgehead atoms. The Morgan fingerprint density at radius 1 is 1.39 bits per heavy atom. The Hall–Kier alpha value is -0.560. The zero-order chi connectivity index (χ0) is 12.6. The van der Waals surface area contributed by atoms with Gasteiger partial charge in [-0.25, -0.2) is 0 Å². The number of methoxy groups -OCH3 is 1. The molecule has 1 aromatic rings. The smallest absolute Gasteiger partial charge is 0.146 e. The first-order valence-electron chi connectivity index (χ1n) is 6.53. The van der Waals surface area contributed by atoms with E-state index in [9.17, 15) is 0 Å². The third-order valence-corrected chi connectivity index (χ3v) is 4.01. The van der Waals surface area contributed by atoms with Crippen LogP contribution in [0.4, 0.5) is 0 Å². The lowest BCUT2D eigenvalue weighted by Gasteiger charge is -2.19. The van der Waals surface area contributed by atoms with Gasteiger partial charge in [0.2, 0.25) is 0 Å². The molecule has 0 saturated carbocycles. The van der Waals surface area contributed by atoms with E-state index in [1.165, 1.54) is 12.8 Å². The van der Waals surface area contributed by atoms with Gasteiger partial charge in [-0.3, -0.25) is 0 Å². The molecule has 18 heavy (non-hydrogen) atoms. The van der Waals surface area contributed by atoms with Crippen molar-refractivity contribution in [3.63, 3.8) is 0 Å². The fourth-order valence-electron chi connectivity index (χ4n) is 1.93. The highest BCUT2D eigenvalue weighted by atomic mass is 32.1. The summed E-state index contributed by atoms with van der Waals surface area (Å²) < 4.78 is 10.7. The van der Waals surface area contributed by atoms with E-state index >= 15 is 0 Å². The van der Waals surface area contributed by atoms with Gasteiger partial charge in [-0.1, -0.05) is 11.3 Å². The minimum atomic E-state index is 0.187. The first-order valence-corrected chi connectivity index (χ1v) is 7.35. The van der Waals surface area contributed by atoms with Gasteiger partial charge in [0, 0.05) is 33.2 Å². The van der Waals surface area contributed by atoms with Crippen LogP contribution in [0.2, 0.25) is 0 Å². The predicted octanol–water partition coefficient (Wildman–Crippen LogP) is 1.56. The summed E-state index contributed by atoms with van der Waals surface area (Å²) >= 11 is 1.68. The van der Waals surface area contributed by atoms with E-state index in [4.69, 9.17) is 9.47 Å². The SMILES string of the molecule is COCCNCCc1nnc(C2CCCCO2)s1. The molecule has 1 fully saturated rings. The van der Waals surface area contributed by atoms with Crippen molar-refractivity contribution in [3.05, 3.63) is 10.0 Å². The third kappa shape index (κ3) is 4.28. The average Bonchev–Trinajstić information content (AvgIpc) is 2.88. The van der Waals surface area contributed by atoms with Crippen LogP contribution in [0.25, 0.3) is 0 Å². The van der Waals surface area contributed by atoms with Crippen LogP contribution in [0, 0.1) is 0 Å². The average molecular weight is 271 g/mol. The van der Waals surface area contributed by atoms with Gasteiger partial charge in [-0.2, -0.15) is 0 Å². The minimum absolute atomic E-state index is 0.187. The van der Waals surface area contributed by atoms with Crippen LogP contribution in [0.1, 0.15) is 35.4 Å². The van der Waals surface area contributed by atoms with Crippen molar-refractivity contribution in [3.8, 4) is 0 Å². The normalized spacial score (nSPS) is 20.2.